The van der Waals surface area contributed by atoms with Gasteiger partial charge in [-0.1, -0.05) is 58.1 Å². The van der Waals surface area contributed by atoms with Crippen molar-refractivity contribution < 1.29 is 34.7 Å². The van der Waals surface area contributed by atoms with Gasteiger partial charge < -0.3 is 29.9 Å². The van der Waals surface area contributed by atoms with E-state index in [1.807, 2.05) is 39.8 Å². The number of ether oxygens (including phenoxy) is 2. The molecule has 4 N–H and O–H groups in total. The van der Waals surface area contributed by atoms with Gasteiger partial charge in [0, 0.05) is 11.8 Å². The molecule has 206 valence electrons. The van der Waals surface area contributed by atoms with Gasteiger partial charge in [0.25, 0.3) is 0 Å². The van der Waals surface area contributed by atoms with Crippen LogP contribution >= 0.6 is 0 Å². The van der Waals surface area contributed by atoms with Gasteiger partial charge in [-0.15, -0.1) is 0 Å². The summed E-state index contributed by atoms with van der Waals surface area (Å²) >= 11 is 0. The third kappa shape index (κ3) is 8.52. The quantitative estimate of drug-likeness (QED) is 0.171. The molecule has 7 heteroatoms. The average Bonchev–Trinajstić information content (AvgIpc) is 3.60. The van der Waals surface area contributed by atoms with Gasteiger partial charge in [-0.3, -0.25) is 4.79 Å². The lowest BCUT2D eigenvalue weighted by Gasteiger charge is -2.31. The van der Waals surface area contributed by atoms with E-state index in [1.165, 1.54) is 13.0 Å². The van der Waals surface area contributed by atoms with Crippen molar-refractivity contribution in [3.8, 4) is 0 Å². The van der Waals surface area contributed by atoms with Crippen LogP contribution in [0, 0.1) is 23.7 Å². The topological polar surface area (TPSA) is 120 Å². The lowest BCUT2D eigenvalue weighted by Crippen LogP contribution is -2.41. The number of aliphatic hydroxyl groups is 4. The summed E-state index contributed by atoms with van der Waals surface area (Å²) < 4.78 is 11.6. The Bertz CT molecular complexity index is 801. The van der Waals surface area contributed by atoms with E-state index in [9.17, 15) is 25.2 Å². The molecule has 0 spiro atoms. The van der Waals surface area contributed by atoms with Crippen LogP contribution in [0.3, 0.4) is 0 Å². The highest BCUT2D eigenvalue weighted by Crippen LogP contribution is 2.36. The van der Waals surface area contributed by atoms with Gasteiger partial charge in [0.1, 0.15) is 12.2 Å². The number of allylic oxidation sites excluding steroid dienone is 3. The predicted octanol–water partition coefficient (Wildman–Crippen LogP) is 3.70. The first-order chi connectivity index (χ1) is 16.8. The molecule has 1 saturated heterocycles. The Morgan fingerprint density at radius 2 is 1.92 bits per heavy atom. The first-order valence-electron chi connectivity index (χ1n) is 13.4. The lowest BCUT2D eigenvalue weighted by molar-refractivity contribution is -0.157. The fourth-order valence-electron chi connectivity index (χ4n) is 4.77. The van der Waals surface area contributed by atoms with Gasteiger partial charge in [0.05, 0.1) is 35.9 Å². The van der Waals surface area contributed by atoms with E-state index in [-0.39, 0.29) is 48.9 Å². The van der Waals surface area contributed by atoms with Gasteiger partial charge in [-0.2, -0.15) is 0 Å². The van der Waals surface area contributed by atoms with Crippen molar-refractivity contribution in [3.63, 3.8) is 0 Å². The van der Waals surface area contributed by atoms with Crippen LogP contribution in [0.15, 0.2) is 36.0 Å². The smallest absolute Gasteiger partial charge is 0.311 e. The minimum Gasteiger partial charge on any atom is -0.457 e. The van der Waals surface area contributed by atoms with Crippen molar-refractivity contribution in [2.45, 2.75) is 116 Å². The second kappa shape index (κ2) is 13.3. The third-order valence-corrected chi connectivity index (χ3v) is 7.87. The molecule has 0 radical (unpaired) electrons. The maximum absolute atomic E-state index is 12.8. The zero-order chi connectivity index (χ0) is 27.2. The van der Waals surface area contributed by atoms with Crippen molar-refractivity contribution in [1.29, 1.82) is 0 Å². The van der Waals surface area contributed by atoms with Crippen LogP contribution in [0.4, 0.5) is 0 Å². The Hall–Kier alpha value is -1.51. The van der Waals surface area contributed by atoms with Gasteiger partial charge in [0.15, 0.2) is 0 Å². The van der Waals surface area contributed by atoms with Gasteiger partial charge in [-0.25, -0.2) is 0 Å². The van der Waals surface area contributed by atoms with Crippen LogP contribution in [0.2, 0.25) is 0 Å². The Labute approximate surface area is 216 Å². The lowest BCUT2D eigenvalue weighted by atomic mass is 9.87. The van der Waals surface area contributed by atoms with Crippen LogP contribution < -0.4 is 0 Å². The van der Waals surface area contributed by atoms with Crippen LogP contribution in [0.1, 0.15) is 74.1 Å². The summed E-state index contributed by atoms with van der Waals surface area (Å²) in [7, 11) is 0. The second-order valence-corrected chi connectivity index (χ2v) is 11.3. The summed E-state index contributed by atoms with van der Waals surface area (Å²) in [4.78, 5) is 12.8. The molecule has 0 saturated carbocycles. The molecule has 0 bridgehead atoms. The first-order valence-corrected chi connectivity index (χ1v) is 13.4. The van der Waals surface area contributed by atoms with Crippen molar-refractivity contribution in [3.05, 3.63) is 36.0 Å². The largest absolute Gasteiger partial charge is 0.457 e. The number of carbonyl (C=O) groups excluding carboxylic acids is 1. The van der Waals surface area contributed by atoms with Crippen LogP contribution in [-0.2, 0) is 14.3 Å². The van der Waals surface area contributed by atoms with Crippen molar-refractivity contribution in [2.24, 2.45) is 23.7 Å². The van der Waals surface area contributed by atoms with Crippen molar-refractivity contribution >= 4 is 5.97 Å². The Morgan fingerprint density at radius 1 is 1.25 bits per heavy atom. The van der Waals surface area contributed by atoms with E-state index < -0.39 is 35.8 Å². The van der Waals surface area contributed by atoms with E-state index in [4.69, 9.17) is 9.47 Å². The standard InChI is InChI=1S/C29H48O7/c1-8-22(30)20(5)27-24(35-27)16-17(2)10-9-11-18(3)26-19(4)12-13-25(32)29(7,34)15-14-23(31)21(6)28(33)36-26/h9-13,17,19-27,30-32,34H,8,14-16H2,1-7H3/b10-9+,13-12-,18-11+. The number of epoxide rings is 1. The summed E-state index contributed by atoms with van der Waals surface area (Å²) in [6.45, 7) is 13.1. The van der Waals surface area contributed by atoms with Crippen LogP contribution in [0.5, 0.6) is 0 Å². The summed E-state index contributed by atoms with van der Waals surface area (Å²) in [5, 5.41) is 41.6. The molecule has 11 atom stereocenters. The highest BCUT2D eigenvalue weighted by Gasteiger charge is 2.45. The van der Waals surface area contributed by atoms with Gasteiger partial charge in [0.2, 0.25) is 0 Å². The molecule has 0 aromatic heterocycles. The van der Waals surface area contributed by atoms with Gasteiger partial charge >= 0.3 is 5.97 Å². The molecular formula is C29H48O7. The summed E-state index contributed by atoms with van der Waals surface area (Å²) in [5.74, 6) is -1.08. The van der Waals surface area contributed by atoms with Crippen molar-refractivity contribution in [2.75, 3.05) is 0 Å². The maximum atomic E-state index is 12.8. The summed E-state index contributed by atoms with van der Waals surface area (Å²) in [6.07, 6.45) is 8.50. The fourth-order valence-corrected chi connectivity index (χ4v) is 4.77. The molecule has 2 heterocycles. The van der Waals surface area contributed by atoms with Crippen molar-refractivity contribution in [1.82, 2.24) is 0 Å². The molecule has 2 aliphatic heterocycles. The molecule has 0 aliphatic carbocycles. The normalized spacial score (nSPS) is 40.0. The Kier molecular flexibility index (Phi) is 11.4. The molecule has 36 heavy (non-hydrogen) atoms. The van der Waals surface area contributed by atoms with E-state index >= 15 is 0 Å². The predicted molar refractivity (Wildman–Crippen MR) is 140 cm³/mol. The monoisotopic (exact) mass is 508 g/mol. The first kappa shape index (κ1) is 30.7. The fraction of sp³-hybridized carbons (Fsp3) is 0.759. The average molecular weight is 509 g/mol. The molecule has 1 fully saturated rings. The minimum atomic E-state index is -1.41. The molecule has 0 aromatic carbocycles. The molecule has 11 unspecified atom stereocenters. The number of rotatable bonds is 8. The summed E-state index contributed by atoms with van der Waals surface area (Å²) in [6, 6.07) is 0. The van der Waals surface area contributed by atoms with E-state index in [2.05, 4.69) is 13.0 Å². The molecule has 7 nitrogen and oxygen atoms in total. The SMILES string of the molecule is CCC(O)C(C)C1OC1CC(C)/C=C/C=C(\C)C1OC(=O)C(C)C(O)CCC(C)(O)C(O)/C=C\C1C. The number of hydrogen-bond donors (Lipinski definition) is 4. The van der Waals surface area contributed by atoms with Crippen LogP contribution in [-0.4, -0.2) is 68.6 Å². The number of hydrogen-bond acceptors (Lipinski definition) is 7. The zero-order valence-corrected chi connectivity index (χ0v) is 23.0. The number of cyclic esters (lactones) is 1. The molecule has 0 amide bonds. The highest BCUT2D eigenvalue weighted by molar-refractivity contribution is 5.73. The second-order valence-electron chi connectivity index (χ2n) is 11.3. The Balaban J connectivity index is 2.09. The zero-order valence-electron chi connectivity index (χ0n) is 23.0. The minimum absolute atomic E-state index is 0.116. The molecule has 0 aromatic rings. The van der Waals surface area contributed by atoms with Gasteiger partial charge in [-0.05, 0) is 57.9 Å². The van der Waals surface area contributed by atoms with E-state index in [0.717, 1.165) is 18.4 Å². The Morgan fingerprint density at radius 3 is 2.56 bits per heavy atom. The summed E-state index contributed by atoms with van der Waals surface area (Å²) in [5.41, 5.74) is -0.570. The molecule has 2 aliphatic rings. The number of esters is 1. The molecule has 2 rings (SSSR count). The van der Waals surface area contributed by atoms with E-state index in [0.29, 0.717) is 0 Å². The maximum Gasteiger partial charge on any atom is 0.311 e. The van der Waals surface area contributed by atoms with Crippen LogP contribution in [0.25, 0.3) is 0 Å². The van der Waals surface area contributed by atoms with E-state index in [1.54, 1.807) is 13.0 Å². The third-order valence-electron chi connectivity index (χ3n) is 7.87. The number of carbonyl (C=O) groups is 1. The molecular weight excluding hydrogens is 460 g/mol. The highest BCUT2D eigenvalue weighted by atomic mass is 16.6. The number of aliphatic hydroxyl groups excluding tert-OH is 3.